The van der Waals surface area contributed by atoms with Crippen molar-refractivity contribution in [3.05, 3.63) is 35.7 Å². The topological polar surface area (TPSA) is 97.0 Å². The van der Waals surface area contributed by atoms with Gasteiger partial charge in [-0.1, -0.05) is 0 Å². The number of nitrogen functional groups attached to an aromatic ring is 1. The number of hydrogen-bond acceptors (Lipinski definition) is 7. The summed E-state index contributed by atoms with van der Waals surface area (Å²) in [5, 5.41) is 2.48. The number of halogens is 2. The summed E-state index contributed by atoms with van der Waals surface area (Å²) in [5.74, 6) is -0.873. The Morgan fingerprint density at radius 3 is 2.67 bits per heavy atom. The van der Waals surface area contributed by atoms with Crippen LogP contribution in [0.2, 0.25) is 0 Å². The molecule has 0 aliphatic rings. The Labute approximate surface area is 141 Å². The Morgan fingerprint density at radius 1 is 1.25 bits per heavy atom. The third-order valence-electron chi connectivity index (χ3n) is 2.75. The highest BCUT2D eigenvalue weighted by Gasteiger charge is 2.09. The van der Waals surface area contributed by atoms with Crippen LogP contribution < -0.4 is 16.0 Å². The molecule has 128 valence electrons. The fraction of sp³-hybridized carbons (Fsp3) is 0.286. The van der Waals surface area contributed by atoms with Gasteiger partial charge in [0, 0.05) is 25.8 Å². The minimum absolute atomic E-state index is 0.0991. The summed E-state index contributed by atoms with van der Waals surface area (Å²) in [5.41, 5.74) is 5.81. The highest BCUT2D eigenvalue weighted by atomic mass is 32.2. The van der Waals surface area contributed by atoms with E-state index in [1.165, 1.54) is 17.8 Å². The Hall–Kier alpha value is -2.49. The van der Waals surface area contributed by atoms with Crippen molar-refractivity contribution in [1.82, 2.24) is 15.0 Å². The van der Waals surface area contributed by atoms with Crippen molar-refractivity contribution in [2.24, 2.45) is 0 Å². The van der Waals surface area contributed by atoms with Gasteiger partial charge in [0.25, 0.3) is 0 Å². The number of nitrogens with one attached hydrogen (secondary N) is 1. The maximum Gasteiger partial charge on any atom is 0.234 e. The molecule has 24 heavy (non-hydrogen) atoms. The third kappa shape index (κ3) is 5.01. The first kappa shape index (κ1) is 17.9. The molecular weight excluding hydrogens is 338 g/mol. The van der Waals surface area contributed by atoms with E-state index in [9.17, 15) is 13.6 Å². The Morgan fingerprint density at radius 2 is 2.00 bits per heavy atom. The molecule has 3 N–H and O–H groups in total. The average molecular weight is 354 g/mol. The number of nitrogens with zero attached hydrogens (tertiary/aromatic N) is 4. The first-order valence-electron chi connectivity index (χ1n) is 6.85. The van der Waals surface area contributed by atoms with E-state index in [4.69, 9.17) is 5.73 Å². The van der Waals surface area contributed by atoms with Crippen LogP contribution in [-0.4, -0.2) is 40.7 Å². The molecule has 0 aliphatic carbocycles. The number of anilines is 3. The van der Waals surface area contributed by atoms with E-state index >= 15 is 0 Å². The molecule has 1 aromatic heterocycles. The molecule has 0 fully saturated rings. The molecule has 0 saturated heterocycles. The molecule has 0 aliphatic heterocycles. The Kier molecular flexibility index (Phi) is 5.85. The zero-order valence-electron chi connectivity index (χ0n) is 13.1. The van der Waals surface area contributed by atoms with Gasteiger partial charge in [0.1, 0.15) is 5.82 Å². The number of aromatic nitrogens is 3. The van der Waals surface area contributed by atoms with Gasteiger partial charge in [-0.05, 0) is 12.1 Å². The van der Waals surface area contributed by atoms with E-state index in [1.54, 1.807) is 19.0 Å². The second-order valence-electron chi connectivity index (χ2n) is 4.97. The largest absolute Gasteiger partial charge is 0.368 e. The molecule has 0 bridgehead atoms. The SMILES string of the molecule is CN(C)c1nc(N)nc(CSCC(=O)Nc2ccc(F)c(F)c2)n1. The molecule has 2 aromatic rings. The summed E-state index contributed by atoms with van der Waals surface area (Å²) in [4.78, 5) is 25.7. The van der Waals surface area contributed by atoms with Crippen LogP contribution in [0, 0.1) is 11.6 Å². The van der Waals surface area contributed by atoms with E-state index in [-0.39, 0.29) is 23.3 Å². The fourth-order valence-corrected chi connectivity index (χ4v) is 2.37. The predicted octanol–water partition coefficient (Wildman–Crippen LogP) is 1.67. The lowest BCUT2D eigenvalue weighted by molar-refractivity contribution is -0.113. The van der Waals surface area contributed by atoms with Gasteiger partial charge < -0.3 is 16.0 Å². The highest BCUT2D eigenvalue weighted by Crippen LogP contribution is 2.15. The molecule has 0 atom stereocenters. The average Bonchev–Trinajstić information content (AvgIpc) is 2.50. The summed E-state index contributed by atoms with van der Waals surface area (Å²) >= 11 is 1.26. The maximum absolute atomic E-state index is 13.1. The van der Waals surface area contributed by atoms with Crippen molar-refractivity contribution in [3.8, 4) is 0 Å². The Bertz CT molecular complexity index is 743. The minimum atomic E-state index is -1.02. The van der Waals surface area contributed by atoms with Gasteiger partial charge in [0.05, 0.1) is 11.5 Å². The summed E-state index contributed by atoms with van der Waals surface area (Å²) in [7, 11) is 3.56. The molecule has 0 unspecified atom stereocenters. The predicted molar refractivity (Wildman–Crippen MR) is 89.7 cm³/mol. The van der Waals surface area contributed by atoms with Crippen molar-refractivity contribution in [2.45, 2.75) is 5.75 Å². The van der Waals surface area contributed by atoms with Gasteiger partial charge in [-0.2, -0.15) is 15.0 Å². The van der Waals surface area contributed by atoms with Crippen LogP contribution in [0.15, 0.2) is 18.2 Å². The third-order valence-corrected chi connectivity index (χ3v) is 3.68. The second-order valence-corrected chi connectivity index (χ2v) is 5.96. The van der Waals surface area contributed by atoms with E-state index in [0.29, 0.717) is 17.5 Å². The van der Waals surface area contributed by atoms with Crippen molar-refractivity contribution in [2.75, 3.05) is 35.8 Å². The van der Waals surface area contributed by atoms with Crippen LogP contribution in [0.3, 0.4) is 0 Å². The monoisotopic (exact) mass is 354 g/mol. The molecule has 10 heteroatoms. The molecule has 0 radical (unpaired) electrons. The van der Waals surface area contributed by atoms with Crippen LogP contribution in [-0.2, 0) is 10.5 Å². The minimum Gasteiger partial charge on any atom is -0.368 e. The van der Waals surface area contributed by atoms with Crippen molar-refractivity contribution in [1.29, 1.82) is 0 Å². The molecular formula is C14H16F2N6OS. The molecule has 0 spiro atoms. The number of amides is 1. The van der Waals surface area contributed by atoms with E-state index in [2.05, 4.69) is 20.3 Å². The lowest BCUT2D eigenvalue weighted by atomic mass is 10.3. The van der Waals surface area contributed by atoms with Crippen LogP contribution in [0.4, 0.5) is 26.4 Å². The summed E-state index contributed by atoms with van der Waals surface area (Å²) < 4.78 is 25.9. The van der Waals surface area contributed by atoms with Crippen LogP contribution >= 0.6 is 11.8 Å². The number of carbonyl (C=O) groups excluding carboxylic acids is 1. The standard InChI is InChI=1S/C14H16F2N6OS/c1-22(2)14-20-11(19-13(17)21-14)6-24-7-12(23)18-8-3-4-9(15)10(16)5-8/h3-5H,6-7H2,1-2H3,(H,18,23)(H2,17,19,20,21). The fourth-order valence-electron chi connectivity index (χ4n) is 1.70. The van der Waals surface area contributed by atoms with E-state index < -0.39 is 11.6 Å². The van der Waals surface area contributed by atoms with E-state index in [0.717, 1.165) is 12.1 Å². The first-order chi connectivity index (χ1) is 11.3. The number of rotatable bonds is 6. The van der Waals surface area contributed by atoms with Gasteiger partial charge in [0.2, 0.25) is 17.8 Å². The van der Waals surface area contributed by atoms with Gasteiger partial charge in [-0.15, -0.1) is 11.8 Å². The molecule has 1 aromatic carbocycles. The second kappa shape index (κ2) is 7.86. The quantitative estimate of drug-likeness (QED) is 0.814. The van der Waals surface area contributed by atoms with Crippen LogP contribution in [0.1, 0.15) is 5.82 Å². The van der Waals surface area contributed by atoms with E-state index in [1.807, 2.05) is 0 Å². The normalized spacial score (nSPS) is 10.5. The summed E-state index contributed by atoms with van der Waals surface area (Å²) in [6.45, 7) is 0. The highest BCUT2D eigenvalue weighted by molar-refractivity contribution is 7.99. The first-order valence-corrected chi connectivity index (χ1v) is 8.01. The van der Waals surface area contributed by atoms with Crippen LogP contribution in [0.25, 0.3) is 0 Å². The van der Waals surface area contributed by atoms with Crippen molar-refractivity contribution >= 4 is 35.3 Å². The van der Waals surface area contributed by atoms with Crippen LogP contribution in [0.5, 0.6) is 0 Å². The van der Waals surface area contributed by atoms with Gasteiger partial charge in [-0.25, -0.2) is 8.78 Å². The Balaban J connectivity index is 1.87. The zero-order chi connectivity index (χ0) is 17.7. The summed E-state index contributed by atoms with van der Waals surface area (Å²) in [6.07, 6.45) is 0. The van der Waals surface area contributed by atoms with Crippen molar-refractivity contribution < 1.29 is 13.6 Å². The lowest BCUT2D eigenvalue weighted by Crippen LogP contribution is -2.17. The summed E-state index contributed by atoms with van der Waals surface area (Å²) in [6, 6.07) is 3.17. The zero-order valence-corrected chi connectivity index (χ0v) is 13.9. The number of nitrogens with two attached hydrogens (primary N) is 1. The van der Waals surface area contributed by atoms with Crippen molar-refractivity contribution in [3.63, 3.8) is 0 Å². The lowest BCUT2D eigenvalue weighted by Gasteiger charge is -2.11. The number of carbonyl (C=O) groups is 1. The molecule has 0 saturated carbocycles. The molecule has 1 amide bonds. The molecule has 7 nitrogen and oxygen atoms in total. The number of hydrogen-bond donors (Lipinski definition) is 2. The number of thioether (sulfide) groups is 1. The number of benzene rings is 1. The van der Waals surface area contributed by atoms with Gasteiger partial charge in [-0.3, -0.25) is 4.79 Å². The van der Waals surface area contributed by atoms with Gasteiger partial charge >= 0.3 is 0 Å². The maximum atomic E-state index is 13.1. The molecule has 2 rings (SSSR count). The smallest absolute Gasteiger partial charge is 0.234 e. The molecule has 1 heterocycles. The van der Waals surface area contributed by atoms with Gasteiger partial charge in [0.15, 0.2) is 11.6 Å².